The summed E-state index contributed by atoms with van der Waals surface area (Å²) in [6.07, 6.45) is -0.183. The van der Waals surface area contributed by atoms with Crippen LogP contribution in [0, 0.1) is 0 Å². The zero-order chi connectivity index (χ0) is 21.1. The molecule has 0 radical (unpaired) electrons. The van der Waals surface area contributed by atoms with Gasteiger partial charge in [0.1, 0.15) is 0 Å². The Labute approximate surface area is 179 Å². The van der Waals surface area contributed by atoms with E-state index < -0.39 is 6.10 Å². The van der Waals surface area contributed by atoms with Crippen molar-refractivity contribution < 1.29 is 19.4 Å². The predicted octanol–water partition coefficient (Wildman–Crippen LogP) is 4.53. The normalized spacial score (nSPS) is 16.9. The van der Waals surface area contributed by atoms with Gasteiger partial charge < -0.3 is 14.6 Å². The molecule has 1 N–H and O–H groups in total. The number of phenolic OH excluding ortho intramolecular Hbond substituents is 1. The first-order chi connectivity index (χ1) is 14.6. The van der Waals surface area contributed by atoms with E-state index in [1.54, 1.807) is 29.5 Å². The molecule has 154 valence electrons. The Kier molecular flexibility index (Phi) is 5.83. The second-order valence-corrected chi connectivity index (χ2v) is 7.86. The zero-order valence-corrected chi connectivity index (χ0v) is 17.5. The molecule has 0 bridgehead atoms. The van der Waals surface area contributed by atoms with Gasteiger partial charge in [-0.25, -0.2) is 5.01 Å². The van der Waals surface area contributed by atoms with Crippen LogP contribution in [-0.4, -0.2) is 36.0 Å². The maximum absolute atomic E-state index is 13.5. The van der Waals surface area contributed by atoms with Gasteiger partial charge in [-0.05, 0) is 35.2 Å². The van der Waals surface area contributed by atoms with Gasteiger partial charge in [0.2, 0.25) is 0 Å². The molecule has 1 amide bonds. The SMILES string of the molecule is COc1cc(C2=NN(C(=O)[C@@H](OC)c3ccccc3)[C@@H](c3cccs3)C2)ccc1O. The van der Waals surface area contributed by atoms with Gasteiger partial charge in [-0.15, -0.1) is 11.3 Å². The van der Waals surface area contributed by atoms with Gasteiger partial charge in [-0.2, -0.15) is 5.10 Å². The molecule has 1 aliphatic rings. The second-order valence-electron chi connectivity index (χ2n) is 6.88. The Morgan fingerprint density at radius 2 is 1.97 bits per heavy atom. The van der Waals surface area contributed by atoms with Crippen LogP contribution >= 0.6 is 11.3 Å². The Hall–Kier alpha value is -3.16. The lowest BCUT2D eigenvalue weighted by atomic mass is 10.0. The van der Waals surface area contributed by atoms with E-state index in [-0.39, 0.29) is 17.7 Å². The molecule has 7 heteroatoms. The highest BCUT2D eigenvalue weighted by Crippen LogP contribution is 2.38. The summed E-state index contributed by atoms with van der Waals surface area (Å²) >= 11 is 1.59. The fourth-order valence-corrected chi connectivity index (χ4v) is 4.39. The van der Waals surface area contributed by atoms with Crippen molar-refractivity contribution >= 4 is 23.0 Å². The summed E-state index contributed by atoms with van der Waals surface area (Å²) < 4.78 is 10.8. The number of carbonyl (C=O) groups excluding carboxylic acids is 1. The molecule has 2 atom stereocenters. The standard InChI is InChI=1S/C23H22N2O4S/c1-28-20-13-16(10-11-19(20)26)17-14-18(21-9-6-12-30-21)25(24-17)23(27)22(29-2)15-7-4-3-5-8-15/h3-13,18,22,26H,14H2,1-2H3/t18-,22+/m1/s1. The number of hydrogen-bond acceptors (Lipinski definition) is 6. The highest BCUT2D eigenvalue weighted by atomic mass is 32.1. The molecule has 6 nitrogen and oxygen atoms in total. The number of methoxy groups -OCH3 is 2. The van der Waals surface area contributed by atoms with Crippen LogP contribution in [0.1, 0.15) is 34.6 Å². The number of rotatable bonds is 6. The molecule has 2 aromatic carbocycles. The van der Waals surface area contributed by atoms with E-state index in [4.69, 9.17) is 9.47 Å². The lowest BCUT2D eigenvalue weighted by Crippen LogP contribution is -2.32. The van der Waals surface area contributed by atoms with Gasteiger partial charge in [-0.1, -0.05) is 36.4 Å². The van der Waals surface area contributed by atoms with Crippen LogP contribution in [0.4, 0.5) is 0 Å². The number of hydrazone groups is 1. The number of carbonyl (C=O) groups is 1. The van der Waals surface area contributed by atoms with Crippen molar-refractivity contribution in [3.63, 3.8) is 0 Å². The van der Waals surface area contributed by atoms with Gasteiger partial charge >= 0.3 is 0 Å². The van der Waals surface area contributed by atoms with Gasteiger partial charge in [0.15, 0.2) is 17.6 Å². The lowest BCUT2D eigenvalue weighted by molar-refractivity contribution is -0.144. The molecule has 1 aliphatic heterocycles. The van der Waals surface area contributed by atoms with Crippen LogP contribution in [0.3, 0.4) is 0 Å². The minimum atomic E-state index is -0.744. The molecule has 0 fully saturated rings. The summed E-state index contributed by atoms with van der Waals surface area (Å²) in [5.74, 6) is 0.209. The molecular formula is C23H22N2O4S. The number of aromatic hydroxyl groups is 1. The van der Waals surface area contributed by atoms with Crippen LogP contribution in [0.15, 0.2) is 71.1 Å². The number of ether oxygens (including phenoxy) is 2. The Morgan fingerprint density at radius 3 is 2.63 bits per heavy atom. The summed E-state index contributed by atoms with van der Waals surface area (Å²) in [6.45, 7) is 0. The quantitative estimate of drug-likeness (QED) is 0.634. The molecule has 1 aromatic heterocycles. The van der Waals surface area contributed by atoms with Crippen LogP contribution in [0.5, 0.6) is 11.5 Å². The molecule has 0 unspecified atom stereocenters. The third kappa shape index (κ3) is 3.81. The topological polar surface area (TPSA) is 71.4 Å². The third-order valence-corrected chi connectivity index (χ3v) is 6.06. The molecule has 0 spiro atoms. The van der Waals surface area contributed by atoms with Crippen LogP contribution in [-0.2, 0) is 9.53 Å². The summed E-state index contributed by atoms with van der Waals surface area (Å²) in [7, 11) is 3.03. The van der Waals surface area contributed by atoms with E-state index in [0.29, 0.717) is 12.2 Å². The minimum absolute atomic E-state index is 0.0612. The predicted molar refractivity (Wildman–Crippen MR) is 116 cm³/mol. The van der Waals surface area contributed by atoms with E-state index in [1.165, 1.54) is 19.2 Å². The molecule has 0 saturated heterocycles. The summed E-state index contributed by atoms with van der Waals surface area (Å²) in [4.78, 5) is 14.5. The number of phenols is 1. The maximum Gasteiger partial charge on any atom is 0.277 e. The number of thiophene rings is 1. The largest absolute Gasteiger partial charge is 0.504 e. The van der Waals surface area contributed by atoms with Gasteiger partial charge in [0, 0.05) is 24.0 Å². The highest BCUT2D eigenvalue weighted by Gasteiger charge is 2.37. The average molecular weight is 423 g/mol. The first-order valence-corrected chi connectivity index (χ1v) is 10.4. The van der Waals surface area contributed by atoms with Crippen LogP contribution in [0.2, 0.25) is 0 Å². The second kappa shape index (κ2) is 8.69. The first kappa shape index (κ1) is 20.1. The molecule has 30 heavy (non-hydrogen) atoms. The summed E-state index contributed by atoms with van der Waals surface area (Å²) in [5, 5.41) is 18.1. The fourth-order valence-electron chi connectivity index (χ4n) is 3.58. The van der Waals surface area contributed by atoms with Crippen molar-refractivity contribution in [3.05, 3.63) is 82.0 Å². The third-order valence-electron chi connectivity index (χ3n) is 5.08. The molecule has 0 aliphatic carbocycles. The van der Waals surface area contributed by atoms with Gasteiger partial charge in [0.05, 0.1) is 18.9 Å². The Bertz CT molecular complexity index is 1050. The number of hydrogen-bond donors (Lipinski definition) is 1. The Morgan fingerprint density at radius 1 is 1.17 bits per heavy atom. The lowest BCUT2D eigenvalue weighted by Gasteiger charge is -2.25. The highest BCUT2D eigenvalue weighted by molar-refractivity contribution is 7.10. The van der Waals surface area contributed by atoms with Crippen LogP contribution < -0.4 is 4.74 Å². The fraction of sp³-hybridized carbons (Fsp3) is 0.217. The van der Waals surface area contributed by atoms with E-state index in [2.05, 4.69) is 5.10 Å². The van der Waals surface area contributed by atoms with E-state index in [1.807, 2.05) is 47.8 Å². The number of nitrogens with zero attached hydrogens (tertiary/aromatic N) is 2. The number of amides is 1. The molecule has 2 heterocycles. The summed E-state index contributed by atoms with van der Waals surface area (Å²) in [6, 6.07) is 18.3. The summed E-state index contributed by atoms with van der Waals surface area (Å²) in [5.41, 5.74) is 2.34. The Balaban J connectivity index is 1.71. The van der Waals surface area contributed by atoms with E-state index >= 15 is 0 Å². The van der Waals surface area contributed by atoms with Gasteiger partial charge in [-0.3, -0.25) is 4.79 Å². The van der Waals surface area contributed by atoms with Crippen molar-refractivity contribution in [1.82, 2.24) is 5.01 Å². The van der Waals surface area contributed by atoms with Crippen molar-refractivity contribution in [3.8, 4) is 11.5 Å². The molecule has 3 aromatic rings. The van der Waals surface area contributed by atoms with E-state index in [0.717, 1.165) is 21.7 Å². The smallest absolute Gasteiger partial charge is 0.277 e. The molecular weight excluding hydrogens is 400 g/mol. The van der Waals surface area contributed by atoms with Crippen molar-refractivity contribution in [2.45, 2.75) is 18.6 Å². The van der Waals surface area contributed by atoms with Gasteiger partial charge in [0.25, 0.3) is 5.91 Å². The van der Waals surface area contributed by atoms with E-state index in [9.17, 15) is 9.90 Å². The van der Waals surface area contributed by atoms with Crippen molar-refractivity contribution in [2.24, 2.45) is 5.10 Å². The average Bonchev–Trinajstić information content (AvgIpc) is 3.45. The number of benzene rings is 2. The van der Waals surface area contributed by atoms with Crippen molar-refractivity contribution in [1.29, 1.82) is 0 Å². The van der Waals surface area contributed by atoms with Crippen molar-refractivity contribution in [2.75, 3.05) is 14.2 Å². The maximum atomic E-state index is 13.5. The minimum Gasteiger partial charge on any atom is -0.504 e. The molecule has 4 rings (SSSR count). The first-order valence-electron chi connectivity index (χ1n) is 9.51. The zero-order valence-electron chi connectivity index (χ0n) is 16.7. The molecule has 0 saturated carbocycles. The van der Waals surface area contributed by atoms with Crippen LogP contribution in [0.25, 0.3) is 0 Å². The monoisotopic (exact) mass is 422 g/mol.